The van der Waals surface area contributed by atoms with E-state index in [9.17, 15) is 4.21 Å². The molecule has 3 rings (SSSR count). The first-order chi connectivity index (χ1) is 7.36. The van der Waals surface area contributed by atoms with Crippen molar-refractivity contribution in [3.05, 3.63) is 42.1 Å². The Hall–Kier alpha value is -1.48. The van der Waals surface area contributed by atoms with Crippen LogP contribution in [0.3, 0.4) is 0 Å². The molecule has 0 N–H and O–H groups in total. The zero-order valence-corrected chi connectivity index (χ0v) is 8.83. The Morgan fingerprint density at radius 1 is 1.27 bits per heavy atom. The van der Waals surface area contributed by atoms with Crippen molar-refractivity contribution >= 4 is 27.8 Å². The maximum absolute atomic E-state index is 11.8. The lowest BCUT2D eigenvalue weighted by atomic mass is 10.1. The molecule has 1 atom stereocenters. The number of benzene rings is 1. The molecule has 2 heterocycles. The van der Waals surface area contributed by atoms with Crippen LogP contribution in [0.1, 0.15) is 5.56 Å². The van der Waals surface area contributed by atoms with Gasteiger partial charge in [-0.05, 0) is 12.1 Å². The fourth-order valence-electron chi connectivity index (χ4n) is 1.85. The van der Waals surface area contributed by atoms with E-state index >= 15 is 0 Å². The van der Waals surface area contributed by atoms with Crippen molar-refractivity contribution < 1.29 is 4.21 Å². The number of hydrogen-bond acceptors (Lipinski definition) is 2. The second-order valence-corrected chi connectivity index (χ2v) is 4.93. The van der Waals surface area contributed by atoms with E-state index in [0.717, 1.165) is 21.4 Å². The topological polar surface area (TPSA) is 30.0 Å². The highest BCUT2D eigenvalue weighted by Gasteiger charge is 2.14. The van der Waals surface area contributed by atoms with Crippen molar-refractivity contribution in [3.8, 4) is 0 Å². The van der Waals surface area contributed by atoms with Gasteiger partial charge < -0.3 is 0 Å². The molecule has 1 aromatic heterocycles. The monoisotopic (exact) mass is 215 g/mol. The maximum atomic E-state index is 11.8. The standard InChI is InChI=1S/C12H9NOS/c14-15-8-2-4-10-11(15)6-5-9-3-1-7-13-12(9)10/h1-7H,8H2. The van der Waals surface area contributed by atoms with Crippen molar-refractivity contribution in [1.29, 1.82) is 0 Å². The fraction of sp³-hybridized carbons (Fsp3) is 0.0833. The van der Waals surface area contributed by atoms with Crippen molar-refractivity contribution in [2.24, 2.45) is 0 Å². The van der Waals surface area contributed by atoms with Gasteiger partial charge in [-0.25, -0.2) is 0 Å². The minimum Gasteiger partial charge on any atom is -0.256 e. The van der Waals surface area contributed by atoms with Gasteiger partial charge in [-0.1, -0.05) is 24.3 Å². The largest absolute Gasteiger partial charge is 0.256 e. The number of rotatable bonds is 0. The van der Waals surface area contributed by atoms with Gasteiger partial charge >= 0.3 is 0 Å². The van der Waals surface area contributed by atoms with E-state index in [0.29, 0.717) is 5.75 Å². The second-order valence-electron chi connectivity index (χ2n) is 3.47. The highest BCUT2D eigenvalue weighted by molar-refractivity contribution is 7.85. The molecule has 2 nitrogen and oxygen atoms in total. The van der Waals surface area contributed by atoms with E-state index in [1.807, 2.05) is 36.4 Å². The van der Waals surface area contributed by atoms with Crippen LogP contribution >= 0.6 is 0 Å². The molecular formula is C12H9NOS. The predicted octanol–water partition coefficient (Wildman–Crippen LogP) is 2.37. The zero-order chi connectivity index (χ0) is 10.3. The molecule has 0 aliphatic carbocycles. The summed E-state index contributed by atoms with van der Waals surface area (Å²) in [5.74, 6) is 0.616. The highest BCUT2D eigenvalue weighted by Crippen LogP contribution is 2.27. The van der Waals surface area contributed by atoms with Crippen molar-refractivity contribution in [1.82, 2.24) is 4.98 Å². The summed E-state index contributed by atoms with van der Waals surface area (Å²) in [6.45, 7) is 0. The summed E-state index contributed by atoms with van der Waals surface area (Å²) in [7, 11) is -0.898. The number of aromatic nitrogens is 1. The molecule has 1 aromatic carbocycles. The van der Waals surface area contributed by atoms with Gasteiger partial charge in [-0.15, -0.1) is 0 Å². The van der Waals surface area contributed by atoms with Crippen LogP contribution in [0.15, 0.2) is 41.4 Å². The Morgan fingerprint density at radius 2 is 2.20 bits per heavy atom. The molecule has 1 aliphatic heterocycles. The average Bonchev–Trinajstić information content (AvgIpc) is 2.29. The molecule has 0 bridgehead atoms. The summed E-state index contributed by atoms with van der Waals surface area (Å²) in [6.07, 6.45) is 5.74. The summed E-state index contributed by atoms with van der Waals surface area (Å²) in [5.41, 5.74) is 1.96. The van der Waals surface area contributed by atoms with Gasteiger partial charge in [0.25, 0.3) is 0 Å². The van der Waals surface area contributed by atoms with Gasteiger partial charge in [0.05, 0.1) is 16.3 Å². The summed E-state index contributed by atoms with van der Waals surface area (Å²) >= 11 is 0. The lowest BCUT2D eigenvalue weighted by Gasteiger charge is -2.11. The number of nitrogens with zero attached hydrogens (tertiary/aromatic N) is 1. The Bertz CT molecular complexity index is 589. The molecule has 0 amide bonds. The van der Waals surface area contributed by atoms with Gasteiger partial charge in [-0.3, -0.25) is 9.19 Å². The normalized spacial score (nSPS) is 19.1. The first kappa shape index (κ1) is 8.80. The van der Waals surface area contributed by atoms with Gasteiger partial charge in [0.15, 0.2) is 0 Å². The molecular weight excluding hydrogens is 206 g/mol. The molecule has 3 heteroatoms. The number of hydrogen-bond donors (Lipinski definition) is 0. The van der Waals surface area contributed by atoms with Crippen molar-refractivity contribution in [2.75, 3.05) is 5.75 Å². The van der Waals surface area contributed by atoms with E-state index in [1.54, 1.807) is 6.20 Å². The predicted molar refractivity (Wildman–Crippen MR) is 62.1 cm³/mol. The smallest absolute Gasteiger partial charge is 0.0786 e. The van der Waals surface area contributed by atoms with E-state index in [2.05, 4.69) is 4.98 Å². The first-order valence-electron chi connectivity index (χ1n) is 4.79. The maximum Gasteiger partial charge on any atom is 0.0786 e. The third-order valence-corrected chi connectivity index (χ3v) is 3.89. The van der Waals surface area contributed by atoms with E-state index < -0.39 is 10.8 Å². The van der Waals surface area contributed by atoms with Crippen LogP contribution < -0.4 is 0 Å². The van der Waals surface area contributed by atoms with Crippen LogP contribution in [0.4, 0.5) is 0 Å². The fourth-order valence-corrected chi connectivity index (χ4v) is 2.93. The van der Waals surface area contributed by atoms with Crippen LogP contribution in [0.5, 0.6) is 0 Å². The average molecular weight is 215 g/mol. The summed E-state index contributed by atoms with van der Waals surface area (Å²) in [5, 5.41) is 1.10. The Morgan fingerprint density at radius 3 is 3.13 bits per heavy atom. The SMILES string of the molecule is O=S1CC=Cc2c1ccc1cccnc21. The first-order valence-corrected chi connectivity index (χ1v) is 6.11. The third-order valence-electron chi connectivity index (χ3n) is 2.55. The van der Waals surface area contributed by atoms with Gasteiger partial charge in [0, 0.05) is 27.8 Å². The summed E-state index contributed by atoms with van der Waals surface area (Å²) < 4.78 is 11.8. The Kier molecular flexibility index (Phi) is 1.92. The molecule has 0 saturated carbocycles. The molecule has 0 radical (unpaired) electrons. The molecule has 74 valence electrons. The molecule has 1 unspecified atom stereocenters. The minimum absolute atomic E-state index is 0.616. The number of pyridine rings is 1. The Balaban J connectivity index is 2.44. The molecule has 0 fully saturated rings. The van der Waals surface area contributed by atoms with E-state index in [1.165, 1.54) is 0 Å². The zero-order valence-electron chi connectivity index (χ0n) is 8.01. The van der Waals surface area contributed by atoms with Crippen LogP contribution in [0.25, 0.3) is 17.0 Å². The van der Waals surface area contributed by atoms with Crippen LogP contribution in [-0.2, 0) is 10.8 Å². The lowest BCUT2D eigenvalue weighted by Crippen LogP contribution is -2.03. The van der Waals surface area contributed by atoms with E-state index in [4.69, 9.17) is 0 Å². The van der Waals surface area contributed by atoms with Crippen LogP contribution in [0.2, 0.25) is 0 Å². The molecule has 15 heavy (non-hydrogen) atoms. The highest BCUT2D eigenvalue weighted by atomic mass is 32.2. The molecule has 0 saturated heterocycles. The van der Waals surface area contributed by atoms with Gasteiger partial charge in [-0.2, -0.15) is 0 Å². The van der Waals surface area contributed by atoms with Gasteiger partial charge in [0.2, 0.25) is 0 Å². The van der Waals surface area contributed by atoms with Crippen LogP contribution in [-0.4, -0.2) is 14.9 Å². The summed E-state index contributed by atoms with van der Waals surface area (Å²) in [6, 6.07) is 7.86. The second kappa shape index (κ2) is 3.28. The molecule has 2 aromatic rings. The van der Waals surface area contributed by atoms with Crippen molar-refractivity contribution in [3.63, 3.8) is 0 Å². The molecule has 0 spiro atoms. The van der Waals surface area contributed by atoms with E-state index in [-0.39, 0.29) is 0 Å². The number of fused-ring (bicyclic) bond motifs is 3. The lowest BCUT2D eigenvalue weighted by molar-refractivity contribution is 0.684. The Labute approximate surface area is 90.1 Å². The van der Waals surface area contributed by atoms with Crippen molar-refractivity contribution in [2.45, 2.75) is 4.90 Å². The van der Waals surface area contributed by atoms with Crippen LogP contribution in [0, 0.1) is 0 Å². The molecule has 1 aliphatic rings. The summed E-state index contributed by atoms with van der Waals surface area (Å²) in [4.78, 5) is 5.25. The van der Waals surface area contributed by atoms with Gasteiger partial charge in [0.1, 0.15) is 0 Å². The third kappa shape index (κ3) is 1.31. The quantitative estimate of drug-likeness (QED) is 0.675. The minimum atomic E-state index is -0.898.